The molecule has 0 aromatic heterocycles. The fourth-order valence-corrected chi connectivity index (χ4v) is 3.12. The maximum Gasteiger partial charge on any atom is 0.269 e. The summed E-state index contributed by atoms with van der Waals surface area (Å²) in [7, 11) is 0. The first-order chi connectivity index (χ1) is 12.5. The van der Waals surface area contributed by atoms with Crippen LogP contribution >= 0.6 is 23.8 Å². The Balaban J connectivity index is 1.63. The molecule has 26 heavy (non-hydrogen) atoms. The number of hydrogen-bond donors (Lipinski definition) is 0. The van der Waals surface area contributed by atoms with Crippen LogP contribution in [0.3, 0.4) is 0 Å². The Morgan fingerprint density at radius 1 is 1.23 bits per heavy atom. The van der Waals surface area contributed by atoms with E-state index in [0.29, 0.717) is 24.0 Å². The quantitative estimate of drug-likeness (QED) is 0.437. The van der Waals surface area contributed by atoms with Crippen molar-refractivity contribution in [1.29, 1.82) is 0 Å². The number of ether oxygens (including phenoxy) is 2. The molecule has 1 aliphatic rings. The third-order valence-corrected chi connectivity index (χ3v) is 4.81. The molecule has 0 atom stereocenters. The van der Waals surface area contributed by atoms with Crippen LogP contribution in [0.2, 0.25) is 5.02 Å². The van der Waals surface area contributed by atoms with E-state index < -0.39 is 4.92 Å². The summed E-state index contributed by atoms with van der Waals surface area (Å²) >= 11 is 11.9. The number of benzene rings is 2. The lowest BCUT2D eigenvalue weighted by Crippen LogP contribution is -2.40. The minimum atomic E-state index is -0.433. The largest absolute Gasteiger partial charge is 0.487 e. The lowest BCUT2D eigenvalue weighted by Gasteiger charge is -2.29. The maximum absolute atomic E-state index is 10.7. The van der Waals surface area contributed by atoms with Gasteiger partial charge in [0.05, 0.1) is 23.2 Å². The highest BCUT2D eigenvalue weighted by atomic mass is 35.5. The summed E-state index contributed by atoms with van der Waals surface area (Å²) in [6, 6.07) is 11.7. The SMILES string of the molecule is O=[N+]([O-])c1ccc(COc2ccc(C(=S)N3CCOCC3)cc2Cl)cc1. The van der Waals surface area contributed by atoms with E-state index in [1.165, 1.54) is 12.1 Å². The number of non-ortho nitro benzene ring substituents is 1. The highest BCUT2D eigenvalue weighted by Crippen LogP contribution is 2.27. The van der Waals surface area contributed by atoms with Crippen molar-refractivity contribution in [3.8, 4) is 5.75 Å². The van der Waals surface area contributed by atoms with Gasteiger partial charge in [-0.3, -0.25) is 10.1 Å². The molecule has 0 aliphatic carbocycles. The van der Waals surface area contributed by atoms with Crippen molar-refractivity contribution < 1.29 is 14.4 Å². The summed E-state index contributed by atoms with van der Waals surface area (Å²) in [6.45, 7) is 3.16. The van der Waals surface area contributed by atoms with Gasteiger partial charge in [-0.15, -0.1) is 0 Å². The first-order valence-electron chi connectivity index (χ1n) is 8.07. The van der Waals surface area contributed by atoms with E-state index in [1.807, 2.05) is 6.07 Å². The van der Waals surface area contributed by atoms with Gasteiger partial charge in [-0.2, -0.15) is 0 Å². The minimum Gasteiger partial charge on any atom is -0.487 e. The van der Waals surface area contributed by atoms with Crippen molar-refractivity contribution in [2.24, 2.45) is 0 Å². The van der Waals surface area contributed by atoms with Gasteiger partial charge in [-0.25, -0.2) is 0 Å². The number of nitro groups is 1. The lowest BCUT2D eigenvalue weighted by molar-refractivity contribution is -0.384. The average Bonchev–Trinajstić information content (AvgIpc) is 2.67. The second kappa shape index (κ2) is 8.44. The van der Waals surface area contributed by atoms with Crippen LogP contribution in [0.1, 0.15) is 11.1 Å². The van der Waals surface area contributed by atoms with Crippen LogP contribution in [0.4, 0.5) is 5.69 Å². The highest BCUT2D eigenvalue weighted by molar-refractivity contribution is 7.80. The van der Waals surface area contributed by atoms with Crippen LogP contribution in [0, 0.1) is 10.1 Å². The van der Waals surface area contributed by atoms with Crippen molar-refractivity contribution in [2.75, 3.05) is 26.3 Å². The van der Waals surface area contributed by atoms with Crippen LogP contribution in [0.15, 0.2) is 42.5 Å². The van der Waals surface area contributed by atoms with Crippen LogP contribution in [0.25, 0.3) is 0 Å². The van der Waals surface area contributed by atoms with Gasteiger partial charge in [-0.05, 0) is 35.9 Å². The number of morpholine rings is 1. The average molecular weight is 393 g/mol. The van der Waals surface area contributed by atoms with Crippen molar-refractivity contribution in [2.45, 2.75) is 6.61 Å². The molecule has 0 unspecified atom stereocenters. The molecule has 0 bridgehead atoms. The topological polar surface area (TPSA) is 64.8 Å². The van der Waals surface area contributed by atoms with Crippen LogP contribution in [-0.2, 0) is 11.3 Å². The molecule has 1 saturated heterocycles. The monoisotopic (exact) mass is 392 g/mol. The Bertz CT molecular complexity index is 807. The molecular formula is C18H17ClN2O4S. The number of halogens is 1. The maximum atomic E-state index is 10.7. The van der Waals surface area contributed by atoms with Gasteiger partial charge < -0.3 is 14.4 Å². The summed E-state index contributed by atoms with van der Waals surface area (Å²) in [6.07, 6.45) is 0. The molecule has 0 N–H and O–H groups in total. The first kappa shape index (κ1) is 18.6. The van der Waals surface area contributed by atoms with Gasteiger partial charge in [0.2, 0.25) is 0 Å². The van der Waals surface area contributed by atoms with Crippen molar-refractivity contribution in [3.05, 3.63) is 68.7 Å². The molecule has 0 spiro atoms. The summed E-state index contributed by atoms with van der Waals surface area (Å²) in [4.78, 5) is 13.1. The zero-order chi connectivity index (χ0) is 18.5. The summed E-state index contributed by atoms with van der Waals surface area (Å²) in [5, 5.41) is 11.1. The number of hydrogen-bond acceptors (Lipinski definition) is 5. The zero-order valence-electron chi connectivity index (χ0n) is 13.9. The smallest absolute Gasteiger partial charge is 0.269 e. The summed E-state index contributed by atoms with van der Waals surface area (Å²) in [5.74, 6) is 0.540. The van der Waals surface area contributed by atoms with Crippen LogP contribution in [0.5, 0.6) is 5.75 Å². The molecule has 2 aromatic rings. The molecule has 1 heterocycles. The van der Waals surface area contributed by atoms with E-state index in [1.54, 1.807) is 24.3 Å². The molecule has 0 amide bonds. The normalized spacial score (nSPS) is 14.1. The van der Waals surface area contributed by atoms with E-state index in [-0.39, 0.29) is 12.3 Å². The Morgan fingerprint density at radius 3 is 2.54 bits per heavy atom. The highest BCUT2D eigenvalue weighted by Gasteiger charge is 2.16. The predicted molar refractivity (Wildman–Crippen MR) is 103 cm³/mol. The van der Waals surface area contributed by atoms with Gasteiger partial charge in [0, 0.05) is 30.8 Å². The van der Waals surface area contributed by atoms with Gasteiger partial charge in [0.25, 0.3) is 5.69 Å². The molecule has 3 rings (SSSR count). The van der Waals surface area contributed by atoms with Gasteiger partial charge in [0.15, 0.2) is 0 Å². The molecule has 6 nitrogen and oxygen atoms in total. The third-order valence-electron chi connectivity index (χ3n) is 4.02. The second-order valence-electron chi connectivity index (χ2n) is 5.76. The molecule has 2 aromatic carbocycles. The molecule has 1 fully saturated rings. The summed E-state index contributed by atoms with van der Waals surface area (Å²) < 4.78 is 11.1. The fraction of sp³-hybridized carbons (Fsp3) is 0.278. The van der Waals surface area contributed by atoms with Crippen molar-refractivity contribution in [1.82, 2.24) is 4.90 Å². The van der Waals surface area contributed by atoms with Gasteiger partial charge in [0.1, 0.15) is 17.3 Å². The van der Waals surface area contributed by atoms with Gasteiger partial charge >= 0.3 is 0 Å². The number of nitrogens with zero attached hydrogens (tertiary/aromatic N) is 2. The van der Waals surface area contributed by atoms with Crippen LogP contribution in [-0.4, -0.2) is 41.1 Å². The third kappa shape index (κ3) is 4.49. The lowest BCUT2D eigenvalue weighted by atomic mass is 10.2. The van der Waals surface area contributed by atoms with Gasteiger partial charge in [-0.1, -0.05) is 23.8 Å². The van der Waals surface area contributed by atoms with E-state index >= 15 is 0 Å². The number of nitro benzene ring substituents is 1. The standard InChI is InChI=1S/C18H17ClN2O4S/c19-16-11-14(18(26)20-7-9-24-10-8-20)3-6-17(16)25-12-13-1-4-15(5-2-13)21(22)23/h1-6,11H,7-10,12H2. The first-order valence-corrected chi connectivity index (χ1v) is 8.86. The molecule has 8 heteroatoms. The molecular weight excluding hydrogens is 376 g/mol. The molecule has 0 radical (unpaired) electrons. The minimum absolute atomic E-state index is 0.0489. The van der Waals surface area contributed by atoms with Crippen molar-refractivity contribution in [3.63, 3.8) is 0 Å². The predicted octanol–water partition coefficient (Wildman–Crippen LogP) is 3.83. The molecule has 0 saturated carbocycles. The molecule has 136 valence electrons. The van der Waals surface area contributed by atoms with E-state index in [9.17, 15) is 10.1 Å². The number of rotatable bonds is 5. The van der Waals surface area contributed by atoms with Crippen molar-refractivity contribution >= 4 is 34.5 Å². The number of thiocarbonyl (C=S) groups is 1. The Kier molecular flexibility index (Phi) is 6.03. The van der Waals surface area contributed by atoms with E-state index in [4.69, 9.17) is 33.3 Å². The Morgan fingerprint density at radius 2 is 1.92 bits per heavy atom. The van der Waals surface area contributed by atoms with Crippen LogP contribution < -0.4 is 4.74 Å². The van der Waals surface area contributed by atoms with E-state index in [0.717, 1.165) is 29.2 Å². The van der Waals surface area contributed by atoms with E-state index in [2.05, 4.69) is 4.90 Å². The Labute approximate surface area is 161 Å². The Hall–Kier alpha value is -2.22. The summed E-state index contributed by atoms with van der Waals surface area (Å²) in [5.41, 5.74) is 1.74. The fourth-order valence-electron chi connectivity index (χ4n) is 2.57. The second-order valence-corrected chi connectivity index (χ2v) is 6.56. The molecule has 1 aliphatic heterocycles. The zero-order valence-corrected chi connectivity index (χ0v) is 15.5.